The lowest BCUT2D eigenvalue weighted by Crippen LogP contribution is -2.29. The fourth-order valence-electron chi connectivity index (χ4n) is 3.30. The lowest BCUT2D eigenvalue weighted by molar-refractivity contribution is -0.115. The van der Waals surface area contributed by atoms with Gasteiger partial charge >= 0.3 is 0 Å². The zero-order valence-electron chi connectivity index (χ0n) is 18.6. The van der Waals surface area contributed by atoms with Crippen molar-refractivity contribution in [1.82, 2.24) is 19.5 Å². The molecular formula is C24H22ClN5O3S. The molecule has 174 valence electrons. The van der Waals surface area contributed by atoms with E-state index in [0.717, 1.165) is 5.56 Å². The average Bonchev–Trinajstić information content (AvgIpc) is 2.86. The van der Waals surface area contributed by atoms with Crippen LogP contribution in [0, 0.1) is 0 Å². The van der Waals surface area contributed by atoms with Gasteiger partial charge in [-0.05, 0) is 42.3 Å². The number of carbonyl (C=O) groups excluding carboxylic acids is 1. The van der Waals surface area contributed by atoms with Gasteiger partial charge in [-0.15, -0.1) is 0 Å². The van der Waals surface area contributed by atoms with Crippen molar-refractivity contribution in [2.45, 2.75) is 30.3 Å². The van der Waals surface area contributed by atoms with Crippen molar-refractivity contribution in [3.63, 3.8) is 0 Å². The van der Waals surface area contributed by atoms with Crippen LogP contribution in [0.3, 0.4) is 0 Å². The Bertz CT molecular complexity index is 1380. The summed E-state index contributed by atoms with van der Waals surface area (Å²) in [6.45, 7) is 2.10. The minimum atomic E-state index is -0.499. The Morgan fingerprint density at radius 3 is 2.59 bits per heavy atom. The number of nitrogens with one attached hydrogen (secondary N) is 1. The highest BCUT2D eigenvalue weighted by Crippen LogP contribution is 2.27. The second-order valence-corrected chi connectivity index (χ2v) is 8.92. The van der Waals surface area contributed by atoms with Crippen molar-refractivity contribution >= 4 is 46.1 Å². The maximum absolute atomic E-state index is 13.3. The van der Waals surface area contributed by atoms with Crippen LogP contribution in [0.15, 0.2) is 70.9 Å². The van der Waals surface area contributed by atoms with E-state index in [-0.39, 0.29) is 29.2 Å². The molecule has 0 fully saturated rings. The smallest absolute Gasteiger partial charge is 0.282 e. The highest BCUT2D eigenvalue weighted by Gasteiger charge is 2.23. The number of thioether (sulfide) groups is 1. The summed E-state index contributed by atoms with van der Waals surface area (Å²) in [6, 6.07) is 14.4. The third kappa shape index (κ3) is 5.21. The number of amides is 1. The summed E-state index contributed by atoms with van der Waals surface area (Å²) < 4.78 is 6.65. The first-order chi connectivity index (χ1) is 16.5. The quantitative estimate of drug-likeness (QED) is 0.285. The molecule has 4 aromatic rings. The standard InChI is InChI=1S/C24H22ClN5O3S/c1-3-19(22(31)28-16-8-10-17(33-2)11-9-16)34-24-29-21-20(26-12-13-27-21)23(32)30(24)14-15-6-4-5-7-18(15)25/h4-13,19H,3,14H2,1-2H3,(H,28,31). The molecule has 0 spiro atoms. The monoisotopic (exact) mass is 495 g/mol. The van der Waals surface area contributed by atoms with Crippen LogP contribution in [0.2, 0.25) is 5.02 Å². The molecule has 0 saturated heterocycles. The van der Waals surface area contributed by atoms with E-state index in [1.54, 1.807) is 37.4 Å². The number of hydrogen-bond donors (Lipinski definition) is 1. The molecule has 2 aromatic carbocycles. The van der Waals surface area contributed by atoms with Gasteiger partial charge in [-0.2, -0.15) is 0 Å². The molecule has 10 heteroatoms. The van der Waals surface area contributed by atoms with Crippen LogP contribution >= 0.6 is 23.4 Å². The molecule has 0 bridgehead atoms. The van der Waals surface area contributed by atoms with Crippen molar-refractivity contribution in [2.24, 2.45) is 0 Å². The zero-order valence-corrected chi connectivity index (χ0v) is 20.1. The van der Waals surface area contributed by atoms with Gasteiger partial charge in [-0.1, -0.05) is 48.5 Å². The third-order valence-corrected chi connectivity index (χ3v) is 6.84. The molecule has 2 heterocycles. The predicted octanol–water partition coefficient (Wildman–Crippen LogP) is 4.41. The van der Waals surface area contributed by atoms with Crippen LogP contribution < -0.4 is 15.6 Å². The van der Waals surface area contributed by atoms with Crippen LogP contribution in [0.25, 0.3) is 11.2 Å². The molecule has 0 aliphatic rings. The number of anilines is 1. The number of benzene rings is 2. The number of nitrogens with zero attached hydrogens (tertiary/aromatic N) is 4. The van der Waals surface area contributed by atoms with Gasteiger partial charge in [0.25, 0.3) is 5.56 Å². The lowest BCUT2D eigenvalue weighted by Gasteiger charge is -2.18. The highest BCUT2D eigenvalue weighted by atomic mass is 35.5. The second kappa shape index (κ2) is 10.7. The molecule has 0 radical (unpaired) electrons. The summed E-state index contributed by atoms with van der Waals surface area (Å²) in [4.78, 5) is 39.3. The molecule has 34 heavy (non-hydrogen) atoms. The van der Waals surface area contributed by atoms with E-state index in [1.807, 2.05) is 25.1 Å². The number of hydrogen-bond acceptors (Lipinski definition) is 7. The number of fused-ring (bicyclic) bond motifs is 1. The number of ether oxygens (including phenoxy) is 1. The molecule has 1 amide bonds. The Morgan fingerprint density at radius 2 is 1.88 bits per heavy atom. The largest absolute Gasteiger partial charge is 0.497 e. The maximum atomic E-state index is 13.3. The van der Waals surface area contributed by atoms with Gasteiger partial charge in [0.2, 0.25) is 5.91 Å². The molecular weight excluding hydrogens is 474 g/mol. The first-order valence-corrected chi connectivity index (χ1v) is 11.8. The number of carbonyl (C=O) groups is 1. The molecule has 8 nitrogen and oxygen atoms in total. The number of aromatic nitrogens is 4. The van der Waals surface area contributed by atoms with E-state index in [0.29, 0.717) is 28.0 Å². The van der Waals surface area contributed by atoms with E-state index >= 15 is 0 Å². The van der Waals surface area contributed by atoms with Crippen molar-refractivity contribution in [1.29, 1.82) is 0 Å². The maximum Gasteiger partial charge on any atom is 0.282 e. The van der Waals surface area contributed by atoms with E-state index in [9.17, 15) is 9.59 Å². The van der Waals surface area contributed by atoms with Gasteiger partial charge in [-0.25, -0.2) is 15.0 Å². The minimum absolute atomic E-state index is 0.162. The van der Waals surface area contributed by atoms with Gasteiger partial charge in [-0.3, -0.25) is 14.2 Å². The van der Waals surface area contributed by atoms with E-state index in [1.165, 1.54) is 28.7 Å². The number of rotatable bonds is 8. The fraction of sp³-hybridized carbons (Fsp3) is 0.208. The van der Waals surface area contributed by atoms with Crippen LogP contribution in [0.1, 0.15) is 18.9 Å². The molecule has 0 saturated carbocycles. The topological polar surface area (TPSA) is 99.0 Å². The SMILES string of the molecule is CCC(Sc1nc2nccnc2c(=O)n1Cc1ccccc1Cl)C(=O)Nc1ccc(OC)cc1. The van der Waals surface area contributed by atoms with Gasteiger partial charge in [0.15, 0.2) is 16.3 Å². The Hall–Kier alpha value is -3.43. The number of methoxy groups -OCH3 is 1. The normalized spacial score (nSPS) is 11.9. The predicted molar refractivity (Wildman–Crippen MR) is 134 cm³/mol. The highest BCUT2D eigenvalue weighted by molar-refractivity contribution is 8.00. The third-order valence-electron chi connectivity index (χ3n) is 5.11. The molecule has 2 aromatic heterocycles. The first kappa shape index (κ1) is 23.7. The van der Waals surface area contributed by atoms with Crippen LogP contribution in [-0.2, 0) is 11.3 Å². The van der Waals surface area contributed by atoms with Crippen molar-refractivity contribution in [2.75, 3.05) is 12.4 Å². The van der Waals surface area contributed by atoms with Gasteiger partial charge in [0, 0.05) is 23.1 Å². The van der Waals surface area contributed by atoms with Crippen LogP contribution in [0.5, 0.6) is 5.75 Å². The van der Waals surface area contributed by atoms with Gasteiger partial charge in [0.1, 0.15) is 5.75 Å². The van der Waals surface area contributed by atoms with E-state index in [2.05, 4.69) is 20.3 Å². The van der Waals surface area contributed by atoms with Gasteiger partial charge < -0.3 is 10.1 Å². The fourth-order valence-corrected chi connectivity index (χ4v) is 4.50. The summed E-state index contributed by atoms with van der Waals surface area (Å²) >= 11 is 7.56. The van der Waals surface area contributed by atoms with Crippen molar-refractivity contribution in [3.05, 3.63) is 81.9 Å². The molecule has 1 unspecified atom stereocenters. The van der Waals surface area contributed by atoms with Crippen LogP contribution in [-0.4, -0.2) is 37.8 Å². The molecule has 4 rings (SSSR count). The van der Waals surface area contributed by atoms with Gasteiger partial charge in [0.05, 0.1) is 18.9 Å². The second-order valence-electron chi connectivity index (χ2n) is 7.34. The summed E-state index contributed by atoms with van der Waals surface area (Å²) in [6.07, 6.45) is 3.46. The molecule has 0 aliphatic heterocycles. The van der Waals surface area contributed by atoms with E-state index in [4.69, 9.17) is 16.3 Å². The Labute approximate surface area is 205 Å². The van der Waals surface area contributed by atoms with Crippen molar-refractivity contribution in [3.8, 4) is 5.75 Å². The molecule has 1 N–H and O–H groups in total. The summed E-state index contributed by atoms with van der Waals surface area (Å²) in [5, 5.41) is 3.32. The van der Waals surface area contributed by atoms with Crippen molar-refractivity contribution < 1.29 is 9.53 Å². The summed E-state index contributed by atoms with van der Waals surface area (Å²) in [5.41, 5.74) is 1.46. The summed E-state index contributed by atoms with van der Waals surface area (Å²) in [5.74, 6) is 0.500. The summed E-state index contributed by atoms with van der Waals surface area (Å²) in [7, 11) is 1.58. The number of halogens is 1. The lowest BCUT2D eigenvalue weighted by atomic mass is 10.2. The molecule has 1 atom stereocenters. The zero-order chi connectivity index (χ0) is 24.1. The Kier molecular flexibility index (Phi) is 7.44. The Morgan fingerprint density at radius 1 is 1.15 bits per heavy atom. The first-order valence-electron chi connectivity index (χ1n) is 10.6. The molecule has 0 aliphatic carbocycles. The van der Waals surface area contributed by atoms with E-state index < -0.39 is 5.25 Å². The minimum Gasteiger partial charge on any atom is -0.497 e. The average molecular weight is 496 g/mol. The van der Waals surface area contributed by atoms with Crippen LogP contribution in [0.4, 0.5) is 5.69 Å². The Balaban J connectivity index is 1.67.